The summed E-state index contributed by atoms with van der Waals surface area (Å²) < 4.78 is 5.51. The van der Waals surface area contributed by atoms with Crippen LogP contribution in [0, 0.1) is 0 Å². The van der Waals surface area contributed by atoms with Crippen molar-refractivity contribution in [3.05, 3.63) is 23.7 Å². The van der Waals surface area contributed by atoms with E-state index in [2.05, 4.69) is 38.1 Å². The molecule has 0 bridgehead atoms. The van der Waals surface area contributed by atoms with Gasteiger partial charge in [0, 0.05) is 11.1 Å². The lowest BCUT2D eigenvalue weighted by Crippen LogP contribution is -1.99. The SMILES string of the molecule is CC(C)c1cc2sncc2c(C(C)C)n1. The van der Waals surface area contributed by atoms with Crippen molar-refractivity contribution in [3.63, 3.8) is 0 Å². The van der Waals surface area contributed by atoms with Gasteiger partial charge in [0.15, 0.2) is 0 Å². The molecule has 0 unspecified atom stereocenters. The van der Waals surface area contributed by atoms with Crippen LogP contribution in [0.15, 0.2) is 12.3 Å². The molecule has 2 aromatic rings. The van der Waals surface area contributed by atoms with Gasteiger partial charge >= 0.3 is 0 Å². The summed E-state index contributed by atoms with van der Waals surface area (Å²) in [5.74, 6) is 0.941. The van der Waals surface area contributed by atoms with Crippen LogP contribution in [0.1, 0.15) is 50.9 Å². The molecule has 2 aromatic heterocycles. The Morgan fingerprint density at radius 3 is 2.47 bits per heavy atom. The minimum atomic E-state index is 0.461. The van der Waals surface area contributed by atoms with E-state index >= 15 is 0 Å². The Labute approximate surface area is 94.5 Å². The Morgan fingerprint density at radius 1 is 1.13 bits per heavy atom. The number of nitrogens with zero attached hydrogens (tertiary/aromatic N) is 2. The van der Waals surface area contributed by atoms with Crippen molar-refractivity contribution in [2.75, 3.05) is 0 Å². The maximum Gasteiger partial charge on any atom is 0.0586 e. The van der Waals surface area contributed by atoms with Crippen LogP contribution in [0.2, 0.25) is 0 Å². The van der Waals surface area contributed by atoms with E-state index in [-0.39, 0.29) is 0 Å². The van der Waals surface area contributed by atoms with Gasteiger partial charge in [0.25, 0.3) is 0 Å². The van der Waals surface area contributed by atoms with Crippen molar-refractivity contribution in [1.29, 1.82) is 0 Å². The van der Waals surface area contributed by atoms with Crippen molar-refractivity contribution < 1.29 is 0 Å². The molecule has 0 aliphatic rings. The highest BCUT2D eigenvalue weighted by Gasteiger charge is 2.12. The molecule has 0 atom stereocenters. The summed E-state index contributed by atoms with van der Waals surface area (Å²) in [5.41, 5.74) is 2.36. The fourth-order valence-corrected chi connectivity index (χ4v) is 2.35. The van der Waals surface area contributed by atoms with Gasteiger partial charge in [0.05, 0.1) is 16.6 Å². The van der Waals surface area contributed by atoms with E-state index in [1.807, 2.05) is 6.20 Å². The first-order valence-corrected chi connectivity index (χ1v) is 6.12. The highest BCUT2D eigenvalue weighted by atomic mass is 32.1. The Bertz CT molecular complexity index is 471. The van der Waals surface area contributed by atoms with Crippen LogP contribution in [-0.2, 0) is 0 Å². The lowest BCUT2D eigenvalue weighted by atomic mass is 10.0. The van der Waals surface area contributed by atoms with Crippen molar-refractivity contribution in [1.82, 2.24) is 9.36 Å². The molecule has 2 rings (SSSR count). The highest BCUT2D eigenvalue weighted by molar-refractivity contribution is 7.13. The van der Waals surface area contributed by atoms with Gasteiger partial charge in [-0.05, 0) is 29.4 Å². The standard InChI is InChI=1S/C12H16N2S/c1-7(2)10-5-11-9(6-13-15-11)12(14-10)8(3)4/h5-8H,1-4H3. The molecule has 0 aliphatic carbocycles. The van der Waals surface area contributed by atoms with E-state index in [0.717, 1.165) is 0 Å². The maximum absolute atomic E-state index is 4.74. The van der Waals surface area contributed by atoms with Gasteiger partial charge < -0.3 is 0 Å². The molecular weight excluding hydrogens is 204 g/mol. The first-order chi connectivity index (χ1) is 7.09. The molecule has 80 valence electrons. The van der Waals surface area contributed by atoms with Gasteiger partial charge in [0.1, 0.15) is 0 Å². The number of aromatic nitrogens is 2. The molecule has 0 radical (unpaired) electrons. The lowest BCUT2D eigenvalue weighted by Gasteiger charge is -2.10. The Morgan fingerprint density at radius 2 is 1.87 bits per heavy atom. The van der Waals surface area contributed by atoms with E-state index < -0.39 is 0 Å². The van der Waals surface area contributed by atoms with Crippen molar-refractivity contribution in [2.45, 2.75) is 39.5 Å². The summed E-state index contributed by atoms with van der Waals surface area (Å²) in [4.78, 5) is 4.74. The van der Waals surface area contributed by atoms with Gasteiger partial charge in [-0.3, -0.25) is 4.98 Å². The number of rotatable bonds is 2. The highest BCUT2D eigenvalue weighted by Crippen LogP contribution is 2.28. The second kappa shape index (κ2) is 3.89. The molecular formula is C12H16N2S. The average molecular weight is 220 g/mol. The van der Waals surface area contributed by atoms with Gasteiger partial charge in [-0.15, -0.1) is 0 Å². The van der Waals surface area contributed by atoms with Gasteiger partial charge in [0.2, 0.25) is 0 Å². The number of hydrogen-bond acceptors (Lipinski definition) is 3. The summed E-state index contributed by atoms with van der Waals surface area (Å²) >= 11 is 1.56. The van der Waals surface area contributed by atoms with E-state index in [0.29, 0.717) is 11.8 Å². The molecule has 2 nitrogen and oxygen atoms in total. The first kappa shape index (κ1) is 10.6. The molecule has 2 heterocycles. The van der Waals surface area contributed by atoms with E-state index in [1.165, 1.54) is 21.5 Å². The van der Waals surface area contributed by atoms with Crippen LogP contribution in [0.3, 0.4) is 0 Å². The molecule has 0 aliphatic heterocycles. The predicted molar refractivity (Wildman–Crippen MR) is 65.6 cm³/mol. The Balaban J connectivity index is 2.69. The average Bonchev–Trinajstić information content (AvgIpc) is 2.62. The fourth-order valence-electron chi connectivity index (χ4n) is 1.65. The summed E-state index contributed by atoms with van der Waals surface area (Å²) in [6.45, 7) is 8.73. The van der Waals surface area contributed by atoms with Crippen molar-refractivity contribution in [3.8, 4) is 0 Å². The van der Waals surface area contributed by atoms with Crippen LogP contribution in [0.4, 0.5) is 0 Å². The van der Waals surface area contributed by atoms with Crippen LogP contribution < -0.4 is 0 Å². The first-order valence-electron chi connectivity index (χ1n) is 5.34. The van der Waals surface area contributed by atoms with Crippen LogP contribution in [0.5, 0.6) is 0 Å². The van der Waals surface area contributed by atoms with Gasteiger partial charge in [-0.25, -0.2) is 0 Å². The largest absolute Gasteiger partial charge is 0.257 e. The fraction of sp³-hybridized carbons (Fsp3) is 0.500. The van der Waals surface area contributed by atoms with Crippen LogP contribution in [-0.4, -0.2) is 9.36 Å². The summed E-state index contributed by atoms with van der Waals surface area (Å²) in [6, 6.07) is 2.17. The summed E-state index contributed by atoms with van der Waals surface area (Å²) in [6.07, 6.45) is 1.94. The lowest BCUT2D eigenvalue weighted by molar-refractivity contribution is 0.775. The smallest absolute Gasteiger partial charge is 0.0586 e. The summed E-state index contributed by atoms with van der Waals surface area (Å²) in [7, 11) is 0. The normalized spacial score (nSPS) is 11.9. The Kier molecular flexibility index (Phi) is 2.74. The number of fused-ring (bicyclic) bond motifs is 1. The third-order valence-electron chi connectivity index (χ3n) is 2.54. The molecule has 3 heteroatoms. The van der Waals surface area contributed by atoms with Crippen molar-refractivity contribution in [2.24, 2.45) is 0 Å². The van der Waals surface area contributed by atoms with E-state index in [9.17, 15) is 0 Å². The molecule has 0 saturated heterocycles. The molecule has 0 spiro atoms. The molecule has 0 saturated carbocycles. The zero-order chi connectivity index (χ0) is 11.0. The number of hydrogen-bond donors (Lipinski definition) is 0. The van der Waals surface area contributed by atoms with Crippen LogP contribution in [0.25, 0.3) is 10.1 Å². The zero-order valence-electron chi connectivity index (χ0n) is 9.61. The molecule has 0 fully saturated rings. The van der Waals surface area contributed by atoms with Crippen molar-refractivity contribution >= 4 is 21.6 Å². The minimum Gasteiger partial charge on any atom is -0.257 e. The minimum absolute atomic E-state index is 0.461. The molecule has 0 N–H and O–H groups in total. The molecule has 15 heavy (non-hydrogen) atoms. The quantitative estimate of drug-likeness (QED) is 0.766. The summed E-state index contributed by atoms with van der Waals surface area (Å²) in [5, 5.41) is 1.22. The van der Waals surface area contributed by atoms with E-state index in [4.69, 9.17) is 4.98 Å². The topological polar surface area (TPSA) is 25.8 Å². The van der Waals surface area contributed by atoms with Gasteiger partial charge in [-0.1, -0.05) is 27.7 Å². The maximum atomic E-state index is 4.74. The third-order valence-corrected chi connectivity index (χ3v) is 3.29. The van der Waals surface area contributed by atoms with Gasteiger partial charge in [-0.2, -0.15) is 4.37 Å². The zero-order valence-corrected chi connectivity index (χ0v) is 10.4. The molecule has 0 aromatic carbocycles. The molecule has 0 amide bonds. The van der Waals surface area contributed by atoms with Crippen LogP contribution >= 0.6 is 11.5 Å². The third kappa shape index (κ3) is 1.88. The second-order valence-electron chi connectivity index (χ2n) is 4.48. The predicted octanol–water partition coefficient (Wildman–Crippen LogP) is 3.94. The second-order valence-corrected chi connectivity index (χ2v) is 5.31. The van der Waals surface area contributed by atoms with E-state index in [1.54, 1.807) is 11.5 Å². The number of pyridine rings is 1. The monoisotopic (exact) mass is 220 g/mol. The Hall–Kier alpha value is -0.960.